The molecule has 2 aromatic carbocycles. The highest BCUT2D eigenvalue weighted by Gasteiger charge is 2.13. The number of hydrogen-bond donors (Lipinski definition) is 1. The standard InChI is InChI=1S/C18H21FO2/c1-11(2)15-7-5-12(3)9-18(15)21-17-8-6-14(13(4)20)10-16(17)19/h5-11,13,20H,1-4H3. The van der Waals surface area contributed by atoms with Gasteiger partial charge >= 0.3 is 0 Å². The number of aryl methyl sites for hydroxylation is 1. The second-order valence-corrected chi connectivity index (χ2v) is 5.66. The fourth-order valence-corrected chi connectivity index (χ4v) is 2.19. The zero-order valence-corrected chi connectivity index (χ0v) is 12.9. The fourth-order valence-electron chi connectivity index (χ4n) is 2.19. The third-order valence-corrected chi connectivity index (χ3v) is 3.45. The summed E-state index contributed by atoms with van der Waals surface area (Å²) in [5.74, 6) is 0.672. The Kier molecular flexibility index (Phi) is 4.63. The van der Waals surface area contributed by atoms with Gasteiger partial charge in [-0.1, -0.05) is 32.0 Å². The first kappa shape index (κ1) is 15.5. The summed E-state index contributed by atoms with van der Waals surface area (Å²) < 4.78 is 19.9. The average molecular weight is 288 g/mol. The Morgan fingerprint density at radius 1 is 1.00 bits per heavy atom. The smallest absolute Gasteiger partial charge is 0.166 e. The van der Waals surface area contributed by atoms with E-state index in [9.17, 15) is 9.50 Å². The molecule has 0 aliphatic heterocycles. The van der Waals surface area contributed by atoms with E-state index in [0.717, 1.165) is 11.1 Å². The van der Waals surface area contributed by atoms with Crippen LogP contribution in [-0.2, 0) is 0 Å². The van der Waals surface area contributed by atoms with E-state index in [0.29, 0.717) is 17.2 Å². The molecule has 0 saturated heterocycles. The van der Waals surface area contributed by atoms with Gasteiger partial charge in [0.25, 0.3) is 0 Å². The lowest BCUT2D eigenvalue weighted by atomic mass is 10.0. The van der Waals surface area contributed by atoms with Crippen molar-refractivity contribution < 1.29 is 14.2 Å². The highest BCUT2D eigenvalue weighted by molar-refractivity contribution is 5.43. The summed E-state index contributed by atoms with van der Waals surface area (Å²) >= 11 is 0. The Morgan fingerprint density at radius 3 is 2.29 bits per heavy atom. The number of halogens is 1. The van der Waals surface area contributed by atoms with Gasteiger partial charge in [-0.15, -0.1) is 0 Å². The van der Waals surface area contributed by atoms with Crippen molar-refractivity contribution >= 4 is 0 Å². The van der Waals surface area contributed by atoms with Crippen LogP contribution >= 0.6 is 0 Å². The number of ether oxygens (including phenoxy) is 1. The maximum Gasteiger partial charge on any atom is 0.166 e. The fraction of sp³-hybridized carbons (Fsp3) is 0.333. The molecule has 0 fully saturated rings. The van der Waals surface area contributed by atoms with Crippen LogP contribution in [0.4, 0.5) is 4.39 Å². The summed E-state index contributed by atoms with van der Waals surface area (Å²) in [6, 6.07) is 10.5. The van der Waals surface area contributed by atoms with Crippen molar-refractivity contribution in [2.24, 2.45) is 0 Å². The predicted octanol–water partition coefficient (Wildman–Crippen LogP) is 5.10. The first-order chi connectivity index (χ1) is 9.88. The first-order valence-corrected chi connectivity index (χ1v) is 7.14. The zero-order valence-electron chi connectivity index (χ0n) is 12.9. The van der Waals surface area contributed by atoms with Gasteiger partial charge in [-0.05, 0) is 54.7 Å². The van der Waals surface area contributed by atoms with Crippen LogP contribution in [0.2, 0.25) is 0 Å². The van der Waals surface area contributed by atoms with Gasteiger partial charge in [0.15, 0.2) is 11.6 Å². The maximum absolute atomic E-state index is 14.1. The van der Waals surface area contributed by atoms with Gasteiger partial charge in [-0.3, -0.25) is 0 Å². The number of aliphatic hydroxyl groups is 1. The normalized spacial score (nSPS) is 12.5. The van der Waals surface area contributed by atoms with Gasteiger partial charge in [0.2, 0.25) is 0 Å². The minimum Gasteiger partial charge on any atom is -0.454 e. The minimum atomic E-state index is -0.696. The molecule has 0 aliphatic rings. The molecule has 0 amide bonds. The molecule has 0 spiro atoms. The summed E-state index contributed by atoms with van der Waals surface area (Å²) in [5, 5.41) is 9.47. The van der Waals surface area contributed by atoms with Gasteiger partial charge < -0.3 is 9.84 Å². The van der Waals surface area contributed by atoms with Crippen LogP contribution in [0.15, 0.2) is 36.4 Å². The molecule has 0 bridgehead atoms. The van der Waals surface area contributed by atoms with E-state index in [1.807, 2.05) is 25.1 Å². The maximum atomic E-state index is 14.1. The van der Waals surface area contributed by atoms with E-state index in [1.54, 1.807) is 19.1 Å². The SMILES string of the molecule is Cc1ccc(C(C)C)c(Oc2ccc(C(C)O)cc2F)c1. The van der Waals surface area contributed by atoms with Crippen molar-refractivity contribution in [3.8, 4) is 11.5 Å². The number of aliphatic hydroxyl groups excluding tert-OH is 1. The van der Waals surface area contributed by atoms with E-state index in [1.165, 1.54) is 6.07 Å². The predicted molar refractivity (Wildman–Crippen MR) is 82.4 cm³/mol. The van der Waals surface area contributed by atoms with E-state index >= 15 is 0 Å². The molecule has 1 atom stereocenters. The lowest BCUT2D eigenvalue weighted by molar-refractivity contribution is 0.198. The van der Waals surface area contributed by atoms with Crippen molar-refractivity contribution in [1.29, 1.82) is 0 Å². The average Bonchev–Trinajstić information content (AvgIpc) is 2.40. The number of benzene rings is 2. The zero-order chi connectivity index (χ0) is 15.6. The molecule has 2 rings (SSSR count). The van der Waals surface area contributed by atoms with Crippen LogP contribution in [0, 0.1) is 12.7 Å². The quantitative estimate of drug-likeness (QED) is 0.847. The van der Waals surface area contributed by atoms with Crippen LogP contribution in [0.3, 0.4) is 0 Å². The van der Waals surface area contributed by atoms with E-state index < -0.39 is 11.9 Å². The summed E-state index contributed by atoms with van der Waals surface area (Å²) in [7, 11) is 0. The van der Waals surface area contributed by atoms with Crippen LogP contribution in [0.25, 0.3) is 0 Å². The lowest BCUT2D eigenvalue weighted by Gasteiger charge is -2.15. The van der Waals surface area contributed by atoms with Crippen molar-refractivity contribution in [2.75, 3.05) is 0 Å². The topological polar surface area (TPSA) is 29.5 Å². The van der Waals surface area contributed by atoms with Crippen LogP contribution in [0.5, 0.6) is 11.5 Å². The highest BCUT2D eigenvalue weighted by Crippen LogP contribution is 2.33. The summed E-state index contributed by atoms with van der Waals surface area (Å²) in [6.45, 7) is 7.73. The molecule has 21 heavy (non-hydrogen) atoms. The van der Waals surface area contributed by atoms with Crippen LogP contribution in [0.1, 0.15) is 49.5 Å². The minimum absolute atomic E-state index is 0.173. The summed E-state index contributed by atoms with van der Waals surface area (Å²) in [5.41, 5.74) is 2.64. The summed E-state index contributed by atoms with van der Waals surface area (Å²) in [6.07, 6.45) is -0.696. The second kappa shape index (κ2) is 6.27. The van der Waals surface area contributed by atoms with Crippen molar-refractivity contribution in [1.82, 2.24) is 0 Å². The molecule has 0 saturated carbocycles. The molecular formula is C18H21FO2. The molecule has 2 nitrogen and oxygen atoms in total. The molecule has 2 aromatic rings. The molecule has 112 valence electrons. The molecule has 0 heterocycles. The lowest BCUT2D eigenvalue weighted by Crippen LogP contribution is -1.98. The van der Waals surface area contributed by atoms with Gasteiger partial charge in [0.1, 0.15) is 5.75 Å². The molecule has 0 radical (unpaired) electrons. The van der Waals surface area contributed by atoms with Gasteiger partial charge in [-0.2, -0.15) is 0 Å². The molecule has 0 aromatic heterocycles. The Bertz CT molecular complexity index is 633. The molecular weight excluding hydrogens is 267 g/mol. The number of hydrogen-bond acceptors (Lipinski definition) is 2. The second-order valence-electron chi connectivity index (χ2n) is 5.66. The monoisotopic (exact) mass is 288 g/mol. The van der Waals surface area contributed by atoms with Crippen LogP contribution in [-0.4, -0.2) is 5.11 Å². The van der Waals surface area contributed by atoms with E-state index in [2.05, 4.69) is 13.8 Å². The van der Waals surface area contributed by atoms with Crippen molar-refractivity contribution in [3.63, 3.8) is 0 Å². The Morgan fingerprint density at radius 2 is 1.71 bits per heavy atom. The Labute approximate surface area is 125 Å². The van der Waals surface area contributed by atoms with Gasteiger partial charge in [0.05, 0.1) is 6.10 Å². The Balaban J connectivity index is 2.36. The number of rotatable bonds is 4. The third kappa shape index (κ3) is 3.61. The molecule has 3 heteroatoms. The molecule has 1 unspecified atom stereocenters. The van der Waals surface area contributed by atoms with Gasteiger partial charge in [-0.25, -0.2) is 4.39 Å². The van der Waals surface area contributed by atoms with Crippen molar-refractivity contribution in [2.45, 2.75) is 39.7 Å². The van der Waals surface area contributed by atoms with Gasteiger partial charge in [0, 0.05) is 0 Å². The van der Waals surface area contributed by atoms with Crippen LogP contribution < -0.4 is 4.74 Å². The highest BCUT2D eigenvalue weighted by atomic mass is 19.1. The largest absolute Gasteiger partial charge is 0.454 e. The molecule has 0 aliphatic carbocycles. The van der Waals surface area contributed by atoms with Crippen molar-refractivity contribution in [3.05, 3.63) is 58.9 Å². The Hall–Kier alpha value is -1.87. The van der Waals surface area contributed by atoms with E-state index in [-0.39, 0.29) is 5.75 Å². The first-order valence-electron chi connectivity index (χ1n) is 7.14. The van der Waals surface area contributed by atoms with E-state index in [4.69, 9.17) is 4.74 Å². The third-order valence-electron chi connectivity index (χ3n) is 3.45. The summed E-state index contributed by atoms with van der Waals surface area (Å²) in [4.78, 5) is 0. The molecule has 1 N–H and O–H groups in total.